The van der Waals surface area contributed by atoms with Gasteiger partial charge in [-0.05, 0) is 77.0 Å². The molecule has 62 heavy (non-hydrogen) atoms. The number of ether oxygens (including phenoxy) is 1. The Hall–Kier alpha value is -2.82. The monoisotopic (exact) mass is 894 g/mol. The molecule has 0 aliphatic carbocycles. The van der Waals surface area contributed by atoms with E-state index >= 15 is 0 Å². The lowest BCUT2D eigenvalue weighted by Gasteiger charge is -2.18. The number of nitrogens with one attached hydrogen (secondary N) is 1. The Morgan fingerprint density at radius 1 is 0.532 bits per heavy atom. The third-order valence-corrected chi connectivity index (χ3v) is 11.2. The molecule has 3 unspecified atom stereocenters. The lowest BCUT2D eigenvalue weighted by atomic mass is 10.0. The Balaban J connectivity index is 3.87. The first-order valence-electron chi connectivity index (χ1n) is 24.3. The van der Waals surface area contributed by atoms with Gasteiger partial charge in [-0.25, -0.2) is 9.36 Å². The lowest BCUT2D eigenvalue weighted by molar-refractivity contribution is -0.147. The molecule has 0 rings (SSSR count). The second kappa shape index (κ2) is 44.8. The number of phosphoric ester groups is 1. The molecular formula is C50H88NO10P. The number of amides is 1. The second-order valence-electron chi connectivity index (χ2n) is 16.3. The molecule has 0 fully saturated rings. The maximum Gasteiger partial charge on any atom is 0.472 e. The van der Waals surface area contributed by atoms with Crippen LogP contribution >= 0.6 is 7.82 Å². The van der Waals surface area contributed by atoms with Crippen molar-refractivity contribution in [3.8, 4) is 0 Å². The molecule has 3 atom stereocenters. The number of allylic oxidation sites excluding steroid dienone is 10. The van der Waals surface area contributed by atoms with E-state index in [9.17, 15) is 34.1 Å². The Bertz CT molecular complexity index is 1280. The third-order valence-electron chi connectivity index (χ3n) is 10.3. The second-order valence-corrected chi connectivity index (χ2v) is 17.7. The Labute approximate surface area is 376 Å². The molecule has 0 heterocycles. The van der Waals surface area contributed by atoms with Crippen molar-refractivity contribution >= 4 is 25.7 Å². The van der Waals surface area contributed by atoms with E-state index in [-0.39, 0.29) is 12.8 Å². The number of esters is 1. The molecule has 12 heteroatoms. The number of aliphatic hydroxyl groups is 1. The van der Waals surface area contributed by atoms with Gasteiger partial charge in [0.25, 0.3) is 0 Å². The largest absolute Gasteiger partial charge is 0.480 e. The highest BCUT2D eigenvalue weighted by molar-refractivity contribution is 7.47. The van der Waals surface area contributed by atoms with E-state index in [0.717, 1.165) is 57.8 Å². The van der Waals surface area contributed by atoms with Gasteiger partial charge in [-0.3, -0.25) is 18.6 Å². The molecule has 0 saturated heterocycles. The minimum absolute atomic E-state index is 0.142. The highest BCUT2D eigenvalue weighted by atomic mass is 31.2. The van der Waals surface area contributed by atoms with Gasteiger partial charge in [0.05, 0.1) is 13.2 Å². The highest BCUT2D eigenvalue weighted by Crippen LogP contribution is 2.43. The molecule has 0 saturated carbocycles. The van der Waals surface area contributed by atoms with Crippen molar-refractivity contribution in [3.63, 3.8) is 0 Å². The summed E-state index contributed by atoms with van der Waals surface area (Å²) in [4.78, 5) is 46.0. The SMILES string of the molecule is CC/C=C\C/C=C\C/C=C\C/C=C\CCCCC(=O)OCC(O)COP(=O)(O)OCC(NC(=O)CCCCCCCCCCCCCCC/C=C/CCCCCCCC)C(=O)O. The number of phosphoric acid groups is 1. The molecule has 0 aromatic heterocycles. The normalized spacial score (nSPS) is 14.1. The first-order chi connectivity index (χ1) is 30.1. The molecular weight excluding hydrogens is 806 g/mol. The van der Waals surface area contributed by atoms with Crippen molar-refractivity contribution in [1.82, 2.24) is 5.32 Å². The summed E-state index contributed by atoms with van der Waals surface area (Å²) in [6.45, 7) is 2.44. The lowest BCUT2D eigenvalue weighted by Crippen LogP contribution is -2.43. The topological polar surface area (TPSA) is 169 Å². The summed E-state index contributed by atoms with van der Waals surface area (Å²) in [6.07, 6.45) is 52.5. The number of unbranched alkanes of at least 4 members (excludes halogenated alkanes) is 21. The van der Waals surface area contributed by atoms with Crippen LogP contribution in [0.25, 0.3) is 0 Å². The molecule has 0 radical (unpaired) electrons. The predicted molar refractivity (Wildman–Crippen MR) is 254 cm³/mol. The zero-order chi connectivity index (χ0) is 45.6. The van der Waals surface area contributed by atoms with E-state index in [0.29, 0.717) is 12.8 Å². The molecule has 0 aromatic carbocycles. The van der Waals surface area contributed by atoms with Crippen LogP contribution in [0.2, 0.25) is 0 Å². The smallest absolute Gasteiger partial charge is 0.472 e. The third kappa shape index (κ3) is 43.8. The molecule has 11 nitrogen and oxygen atoms in total. The minimum atomic E-state index is -4.77. The Morgan fingerprint density at radius 2 is 0.935 bits per heavy atom. The number of hydrogen-bond donors (Lipinski definition) is 4. The van der Waals surface area contributed by atoms with Gasteiger partial charge < -0.3 is 25.2 Å². The van der Waals surface area contributed by atoms with E-state index in [4.69, 9.17) is 13.8 Å². The van der Waals surface area contributed by atoms with Crippen LogP contribution in [0.5, 0.6) is 0 Å². The van der Waals surface area contributed by atoms with Crippen LogP contribution in [0.3, 0.4) is 0 Å². The van der Waals surface area contributed by atoms with Crippen molar-refractivity contribution in [3.05, 3.63) is 60.8 Å². The van der Waals surface area contributed by atoms with Gasteiger partial charge in [0.1, 0.15) is 12.7 Å². The zero-order valence-electron chi connectivity index (χ0n) is 38.9. The van der Waals surface area contributed by atoms with Crippen molar-refractivity contribution in [2.24, 2.45) is 0 Å². The number of carbonyl (C=O) groups excluding carboxylic acids is 2. The molecule has 0 aliphatic rings. The number of aliphatic carboxylic acids is 1. The van der Waals surface area contributed by atoms with Gasteiger partial charge in [0.2, 0.25) is 5.91 Å². The molecule has 0 spiro atoms. The van der Waals surface area contributed by atoms with Gasteiger partial charge in [-0.2, -0.15) is 0 Å². The quantitative estimate of drug-likeness (QED) is 0.0200. The summed E-state index contributed by atoms with van der Waals surface area (Å²) in [5, 5.41) is 21.9. The van der Waals surface area contributed by atoms with E-state index < -0.39 is 57.6 Å². The molecule has 4 N–H and O–H groups in total. The van der Waals surface area contributed by atoms with E-state index in [1.807, 2.05) is 0 Å². The predicted octanol–water partition coefficient (Wildman–Crippen LogP) is 13.1. The van der Waals surface area contributed by atoms with Crippen molar-refractivity contribution < 1.29 is 47.8 Å². The van der Waals surface area contributed by atoms with E-state index in [1.54, 1.807) is 0 Å². The molecule has 358 valence electrons. The number of carboxylic acids is 1. The standard InChI is InChI=1S/C50H88NO10P/c1-3-5-7-9-11-13-15-17-19-20-21-22-23-24-25-26-28-29-31-33-35-37-39-41-48(53)51-47(50(55)56)45-61-62(57,58)60-44-46(52)43-59-49(54)42-40-38-36-34-32-30-27-18-16-14-12-10-8-6-4-2/h6,8,12,14,17-19,27,32,34,46-47,52H,3-5,7,9-11,13,15-16,20-26,28-31,33,35-45H2,1-2H3,(H,51,53)(H,55,56)(H,57,58)/b8-6-,14-12-,19-17+,27-18-,34-32-. The van der Waals surface area contributed by atoms with Gasteiger partial charge in [-0.15, -0.1) is 0 Å². The minimum Gasteiger partial charge on any atom is -0.480 e. The van der Waals surface area contributed by atoms with Crippen molar-refractivity contribution in [1.29, 1.82) is 0 Å². The number of carbonyl (C=O) groups is 3. The molecule has 1 amide bonds. The average molecular weight is 894 g/mol. The number of carboxylic acid groups (broad SMARTS) is 1. The van der Waals surface area contributed by atoms with Crippen LogP contribution in [0.1, 0.15) is 206 Å². The van der Waals surface area contributed by atoms with Gasteiger partial charge >= 0.3 is 19.8 Å². The summed E-state index contributed by atoms with van der Waals surface area (Å²) in [7, 11) is -4.77. The molecule has 0 bridgehead atoms. The Morgan fingerprint density at radius 3 is 1.44 bits per heavy atom. The van der Waals surface area contributed by atoms with Crippen LogP contribution in [-0.4, -0.2) is 64.9 Å². The van der Waals surface area contributed by atoms with E-state index in [1.165, 1.54) is 109 Å². The van der Waals surface area contributed by atoms with Crippen LogP contribution in [-0.2, 0) is 32.7 Å². The summed E-state index contributed by atoms with van der Waals surface area (Å²) < 4.78 is 26.9. The van der Waals surface area contributed by atoms with Crippen LogP contribution < -0.4 is 5.32 Å². The van der Waals surface area contributed by atoms with Gasteiger partial charge in [0.15, 0.2) is 6.04 Å². The van der Waals surface area contributed by atoms with Crippen molar-refractivity contribution in [2.45, 2.75) is 219 Å². The van der Waals surface area contributed by atoms with Crippen LogP contribution in [0.15, 0.2) is 60.8 Å². The van der Waals surface area contributed by atoms with Gasteiger partial charge in [0, 0.05) is 12.8 Å². The number of hydrogen-bond acceptors (Lipinski definition) is 8. The fourth-order valence-corrected chi connectivity index (χ4v) is 7.31. The number of aliphatic hydroxyl groups excluding tert-OH is 1. The first-order valence-corrected chi connectivity index (χ1v) is 25.8. The summed E-state index contributed by atoms with van der Waals surface area (Å²) >= 11 is 0. The maximum atomic E-state index is 12.4. The average Bonchev–Trinajstić information content (AvgIpc) is 3.25. The van der Waals surface area contributed by atoms with E-state index in [2.05, 4.69) is 79.9 Å². The summed E-state index contributed by atoms with van der Waals surface area (Å²) in [5.74, 6) is -2.42. The number of rotatable bonds is 45. The first kappa shape index (κ1) is 59.2. The van der Waals surface area contributed by atoms with Crippen LogP contribution in [0, 0.1) is 0 Å². The van der Waals surface area contributed by atoms with Crippen LogP contribution in [0.4, 0.5) is 0 Å². The highest BCUT2D eigenvalue weighted by Gasteiger charge is 2.28. The van der Waals surface area contributed by atoms with Gasteiger partial charge in [-0.1, -0.05) is 177 Å². The maximum absolute atomic E-state index is 12.4. The summed E-state index contributed by atoms with van der Waals surface area (Å²) in [6, 6.07) is -1.55. The molecule has 0 aromatic rings. The fraction of sp³-hybridized carbons (Fsp3) is 0.740. The zero-order valence-corrected chi connectivity index (χ0v) is 39.8. The van der Waals surface area contributed by atoms with Crippen molar-refractivity contribution in [2.75, 3.05) is 19.8 Å². The molecule has 0 aliphatic heterocycles. The fourth-order valence-electron chi connectivity index (χ4n) is 6.54. The Kier molecular flexibility index (Phi) is 42.7. The summed E-state index contributed by atoms with van der Waals surface area (Å²) in [5.41, 5.74) is 0.